The monoisotopic (exact) mass is 311 g/mol. The first-order chi connectivity index (χ1) is 10.6. The summed E-state index contributed by atoms with van der Waals surface area (Å²) in [6.45, 7) is 4.28. The number of ketones is 1. The average molecular weight is 312 g/mol. The van der Waals surface area contributed by atoms with Gasteiger partial charge in [-0.25, -0.2) is 0 Å². The molecular weight excluding hydrogens is 270 g/mol. The summed E-state index contributed by atoms with van der Waals surface area (Å²) < 4.78 is 0. The summed E-state index contributed by atoms with van der Waals surface area (Å²) in [5.41, 5.74) is 0. The Hall–Kier alpha value is -0.370. The van der Waals surface area contributed by atoms with Crippen LogP contribution in [0.3, 0.4) is 0 Å². The highest BCUT2D eigenvalue weighted by Gasteiger charge is 2.13. The van der Waals surface area contributed by atoms with Crippen molar-refractivity contribution in [2.75, 3.05) is 14.1 Å². The highest BCUT2D eigenvalue weighted by Crippen LogP contribution is 2.13. The zero-order chi connectivity index (χ0) is 16.6. The Labute approximate surface area is 140 Å². The summed E-state index contributed by atoms with van der Waals surface area (Å²) in [4.78, 5) is 13.8. The lowest BCUT2D eigenvalue weighted by Crippen LogP contribution is -2.32. The van der Waals surface area contributed by atoms with E-state index < -0.39 is 0 Å². The van der Waals surface area contributed by atoms with Gasteiger partial charge in [0, 0.05) is 6.42 Å². The molecule has 0 aliphatic heterocycles. The molecule has 0 saturated heterocycles. The van der Waals surface area contributed by atoms with Gasteiger partial charge in [-0.1, -0.05) is 84.0 Å². The number of likely N-dealkylation sites (N-methyl/N-ethyl adjacent to an activating group) is 1. The van der Waals surface area contributed by atoms with Crippen LogP contribution in [0.15, 0.2) is 0 Å². The second-order valence-corrected chi connectivity index (χ2v) is 7.10. The van der Waals surface area contributed by atoms with Gasteiger partial charge in [0.2, 0.25) is 0 Å². The summed E-state index contributed by atoms with van der Waals surface area (Å²) in [7, 11) is 3.96. The number of nitrogens with zero attached hydrogens (tertiary/aromatic N) is 1. The van der Waals surface area contributed by atoms with Crippen LogP contribution in [0.5, 0.6) is 0 Å². The maximum atomic E-state index is 11.8. The van der Waals surface area contributed by atoms with Gasteiger partial charge in [0.05, 0.1) is 6.04 Å². The van der Waals surface area contributed by atoms with Crippen LogP contribution in [0, 0.1) is 0 Å². The Balaban J connectivity index is 3.19. The first-order valence-electron chi connectivity index (χ1n) is 9.78. The van der Waals surface area contributed by atoms with E-state index in [2.05, 4.69) is 6.92 Å². The van der Waals surface area contributed by atoms with Crippen molar-refractivity contribution in [3.63, 3.8) is 0 Å². The smallest absolute Gasteiger partial charge is 0.149 e. The van der Waals surface area contributed by atoms with Crippen LogP contribution in [-0.4, -0.2) is 30.8 Å². The van der Waals surface area contributed by atoms with Crippen LogP contribution < -0.4 is 0 Å². The molecule has 22 heavy (non-hydrogen) atoms. The molecule has 0 aliphatic rings. The predicted octanol–water partition coefficient (Wildman–Crippen LogP) is 5.99. The summed E-state index contributed by atoms with van der Waals surface area (Å²) in [6, 6.07) is 0.0809. The standard InChI is InChI=1S/C20H41NO/c1-5-6-7-8-9-10-11-12-13-14-15-16-17-18-20(22)19(2)21(3)4/h19H,5-18H2,1-4H3. The lowest BCUT2D eigenvalue weighted by atomic mass is 10.0. The van der Waals surface area contributed by atoms with Gasteiger partial charge in [-0.05, 0) is 27.4 Å². The molecule has 0 aromatic heterocycles. The second kappa shape index (κ2) is 15.5. The molecule has 0 aromatic rings. The Kier molecular flexibility index (Phi) is 15.3. The van der Waals surface area contributed by atoms with Crippen LogP contribution in [0.1, 0.15) is 104 Å². The number of carbonyl (C=O) groups excluding carboxylic acids is 1. The Morgan fingerprint density at radius 2 is 1.09 bits per heavy atom. The molecule has 0 amide bonds. The van der Waals surface area contributed by atoms with Gasteiger partial charge in [-0.15, -0.1) is 0 Å². The predicted molar refractivity (Wildman–Crippen MR) is 98.5 cm³/mol. The van der Waals surface area contributed by atoms with Crippen molar-refractivity contribution in [1.82, 2.24) is 4.90 Å². The minimum atomic E-state index is 0.0809. The largest absolute Gasteiger partial charge is 0.300 e. The highest BCUT2D eigenvalue weighted by molar-refractivity contribution is 5.83. The zero-order valence-electron chi connectivity index (χ0n) is 15.8. The molecule has 0 N–H and O–H groups in total. The Morgan fingerprint density at radius 1 is 0.727 bits per heavy atom. The fourth-order valence-electron chi connectivity index (χ4n) is 2.81. The van der Waals surface area contributed by atoms with E-state index in [0.29, 0.717) is 5.78 Å². The molecule has 2 nitrogen and oxygen atoms in total. The van der Waals surface area contributed by atoms with E-state index in [0.717, 1.165) is 12.8 Å². The Morgan fingerprint density at radius 3 is 1.45 bits per heavy atom. The van der Waals surface area contributed by atoms with Crippen molar-refractivity contribution >= 4 is 5.78 Å². The second-order valence-electron chi connectivity index (χ2n) is 7.10. The molecule has 0 heterocycles. The summed E-state index contributed by atoms with van der Waals surface area (Å²) in [5, 5.41) is 0. The number of hydrogen-bond acceptors (Lipinski definition) is 2. The molecule has 0 rings (SSSR count). The molecule has 0 aromatic carbocycles. The quantitative estimate of drug-likeness (QED) is 0.326. The maximum Gasteiger partial charge on any atom is 0.149 e. The summed E-state index contributed by atoms with van der Waals surface area (Å²) in [5.74, 6) is 0.396. The third kappa shape index (κ3) is 13.3. The lowest BCUT2D eigenvalue weighted by Gasteiger charge is -2.18. The van der Waals surface area contributed by atoms with Gasteiger partial charge in [0.25, 0.3) is 0 Å². The van der Waals surface area contributed by atoms with E-state index in [1.165, 1.54) is 77.0 Å². The third-order valence-corrected chi connectivity index (χ3v) is 4.77. The molecule has 0 spiro atoms. The van der Waals surface area contributed by atoms with Crippen molar-refractivity contribution in [3.8, 4) is 0 Å². The van der Waals surface area contributed by atoms with Gasteiger partial charge in [-0.2, -0.15) is 0 Å². The minimum absolute atomic E-state index is 0.0809. The molecule has 132 valence electrons. The number of Topliss-reactive ketones (excluding diaryl/α,β-unsaturated/α-hetero) is 1. The normalized spacial score (nSPS) is 12.8. The van der Waals surface area contributed by atoms with E-state index in [-0.39, 0.29) is 6.04 Å². The highest BCUT2D eigenvalue weighted by atomic mass is 16.1. The van der Waals surface area contributed by atoms with Crippen molar-refractivity contribution in [3.05, 3.63) is 0 Å². The topological polar surface area (TPSA) is 20.3 Å². The third-order valence-electron chi connectivity index (χ3n) is 4.77. The number of carbonyl (C=O) groups is 1. The number of hydrogen-bond donors (Lipinski definition) is 0. The molecular formula is C20H41NO. The van der Waals surface area contributed by atoms with Crippen LogP contribution >= 0.6 is 0 Å². The lowest BCUT2D eigenvalue weighted by molar-refractivity contribution is -0.123. The summed E-state index contributed by atoms with van der Waals surface area (Å²) >= 11 is 0. The summed E-state index contributed by atoms with van der Waals surface area (Å²) in [6.07, 6.45) is 18.4. The molecule has 0 aliphatic carbocycles. The van der Waals surface area contributed by atoms with Crippen molar-refractivity contribution in [2.45, 2.75) is 110 Å². The molecule has 0 bridgehead atoms. The van der Waals surface area contributed by atoms with Gasteiger partial charge in [-0.3, -0.25) is 9.69 Å². The van der Waals surface area contributed by atoms with E-state index in [9.17, 15) is 4.79 Å². The molecule has 1 atom stereocenters. The van der Waals surface area contributed by atoms with E-state index in [4.69, 9.17) is 0 Å². The van der Waals surface area contributed by atoms with Gasteiger partial charge in [0.1, 0.15) is 5.78 Å². The van der Waals surface area contributed by atoms with Crippen molar-refractivity contribution < 1.29 is 4.79 Å². The van der Waals surface area contributed by atoms with Crippen molar-refractivity contribution in [1.29, 1.82) is 0 Å². The molecule has 2 heteroatoms. The number of rotatable bonds is 16. The van der Waals surface area contributed by atoms with E-state index in [1.54, 1.807) is 0 Å². The molecule has 0 fully saturated rings. The maximum absolute atomic E-state index is 11.8. The van der Waals surface area contributed by atoms with Gasteiger partial charge in [0.15, 0.2) is 0 Å². The van der Waals surface area contributed by atoms with Gasteiger partial charge < -0.3 is 0 Å². The SMILES string of the molecule is CCCCCCCCCCCCCCCC(=O)C(C)N(C)C. The first kappa shape index (κ1) is 21.6. The number of unbranched alkanes of at least 4 members (excludes halogenated alkanes) is 12. The zero-order valence-corrected chi connectivity index (χ0v) is 15.8. The minimum Gasteiger partial charge on any atom is -0.300 e. The molecule has 0 radical (unpaired) electrons. The van der Waals surface area contributed by atoms with Crippen LogP contribution in [-0.2, 0) is 4.79 Å². The first-order valence-corrected chi connectivity index (χ1v) is 9.78. The van der Waals surface area contributed by atoms with Gasteiger partial charge >= 0.3 is 0 Å². The van der Waals surface area contributed by atoms with Crippen LogP contribution in [0.25, 0.3) is 0 Å². The van der Waals surface area contributed by atoms with Crippen LogP contribution in [0.4, 0.5) is 0 Å². The molecule has 1 unspecified atom stereocenters. The van der Waals surface area contributed by atoms with Crippen molar-refractivity contribution in [2.24, 2.45) is 0 Å². The van der Waals surface area contributed by atoms with E-state index >= 15 is 0 Å². The molecule has 0 saturated carbocycles. The van der Waals surface area contributed by atoms with Crippen LogP contribution in [0.2, 0.25) is 0 Å². The average Bonchev–Trinajstić information content (AvgIpc) is 2.50. The van der Waals surface area contributed by atoms with E-state index in [1.807, 2.05) is 25.9 Å². The fourth-order valence-corrected chi connectivity index (χ4v) is 2.81. The fraction of sp³-hybridized carbons (Fsp3) is 0.950. The Bertz CT molecular complexity index is 250.